The number of hydrogen-bond acceptors (Lipinski definition) is 8. The Morgan fingerprint density at radius 1 is 1.33 bits per heavy atom. The summed E-state index contributed by atoms with van der Waals surface area (Å²) in [5.41, 5.74) is 3.38. The van der Waals surface area contributed by atoms with Crippen molar-refractivity contribution in [1.29, 1.82) is 0 Å². The van der Waals surface area contributed by atoms with Crippen LogP contribution in [0, 0.1) is 5.92 Å². The lowest BCUT2D eigenvalue weighted by molar-refractivity contribution is -0.120. The standard InChI is InChI=1S/C18H25N3O5S/c1-10(2)18(25-4)16(17(24)11(3)22)21-26-8-15(23)20-12-5-6-13-14(7-12)27-9-19-13/h5-7,9-11,17-18,22,24H,8H2,1-4H3,(H,20,23)/b21-16+/t11-,17+,18+/m1/s1. The first-order valence-corrected chi connectivity index (χ1v) is 9.43. The smallest absolute Gasteiger partial charge is 0.265 e. The maximum absolute atomic E-state index is 12.1. The highest BCUT2D eigenvalue weighted by Gasteiger charge is 2.29. The molecular formula is C18H25N3O5S. The molecule has 0 radical (unpaired) electrons. The van der Waals surface area contributed by atoms with Gasteiger partial charge in [0.15, 0.2) is 6.61 Å². The molecule has 3 N–H and O–H groups in total. The molecule has 0 saturated heterocycles. The summed E-state index contributed by atoms with van der Waals surface area (Å²) in [5, 5.41) is 26.4. The third-order valence-corrected chi connectivity index (χ3v) is 4.68. The van der Waals surface area contributed by atoms with Gasteiger partial charge in [-0.2, -0.15) is 0 Å². The number of aromatic nitrogens is 1. The lowest BCUT2D eigenvalue weighted by Gasteiger charge is -2.25. The number of thiazole rings is 1. The SMILES string of the molecule is CO[C@H](/C(=N/OCC(=O)Nc1ccc2ncsc2c1)[C@@H](O)[C@@H](C)O)C(C)C. The van der Waals surface area contributed by atoms with Gasteiger partial charge in [0, 0.05) is 12.8 Å². The van der Waals surface area contributed by atoms with Gasteiger partial charge >= 0.3 is 0 Å². The van der Waals surface area contributed by atoms with E-state index in [-0.39, 0.29) is 18.2 Å². The first-order chi connectivity index (χ1) is 12.8. The minimum atomic E-state index is -1.26. The summed E-state index contributed by atoms with van der Waals surface area (Å²) in [5.74, 6) is -0.405. The van der Waals surface area contributed by atoms with Gasteiger partial charge in [0.1, 0.15) is 17.9 Å². The van der Waals surface area contributed by atoms with Gasteiger partial charge < -0.3 is 25.1 Å². The van der Waals surface area contributed by atoms with E-state index in [4.69, 9.17) is 9.57 Å². The van der Waals surface area contributed by atoms with Crippen molar-refractivity contribution in [3.05, 3.63) is 23.7 Å². The molecule has 0 aliphatic rings. The topological polar surface area (TPSA) is 113 Å². The lowest BCUT2D eigenvalue weighted by atomic mass is 9.96. The van der Waals surface area contributed by atoms with Crippen molar-refractivity contribution >= 4 is 38.9 Å². The Kier molecular flexibility index (Phi) is 7.66. The zero-order valence-electron chi connectivity index (χ0n) is 15.7. The van der Waals surface area contributed by atoms with Crippen LogP contribution in [0.5, 0.6) is 0 Å². The molecule has 1 aromatic carbocycles. The number of nitrogens with one attached hydrogen (secondary N) is 1. The van der Waals surface area contributed by atoms with Crippen molar-refractivity contribution in [2.45, 2.75) is 39.1 Å². The summed E-state index contributed by atoms with van der Waals surface area (Å²) in [6, 6.07) is 5.41. The minimum Gasteiger partial charge on any atom is -0.390 e. The molecule has 27 heavy (non-hydrogen) atoms. The fourth-order valence-electron chi connectivity index (χ4n) is 2.55. The Balaban J connectivity index is 2.01. The average Bonchev–Trinajstić information content (AvgIpc) is 3.07. The van der Waals surface area contributed by atoms with E-state index in [0.29, 0.717) is 5.69 Å². The van der Waals surface area contributed by atoms with Gasteiger partial charge in [-0.15, -0.1) is 11.3 Å². The van der Waals surface area contributed by atoms with Crippen molar-refractivity contribution in [3.8, 4) is 0 Å². The van der Waals surface area contributed by atoms with Crippen molar-refractivity contribution in [1.82, 2.24) is 4.98 Å². The first-order valence-electron chi connectivity index (χ1n) is 8.55. The fraction of sp³-hybridized carbons (Fsp3) is 0.500. The number of amides is 1. The van der Waals surface area contributed by atoms with E-state index in [2.05, 4.69) is 15.5 Å². The normalized spacial score (nSPS) is 15.6. The van der Waals surface area contributed by atoms with E-state index in [1.165, 1.54) is 25.4 Å². The number of methoxy groups -OCH3 is 1. The molecule has 2 aromatic rings. The Morgan fingerprint density at radius 2 is 2.07 bits per heavy atom. The van der Waals surface area contributed by atoms with Gasteiger partial charge in [-0.25, -0.2) is 4.98 Å². The second-order valence-electron chi connectivity index (χ2n) is 6.46. The number of aliphatic hydroxyl groups is 2. The molecule has 0 aliphatic carbocycles. The Morgan fingerprint density at radius 3 is 2.70 bits per heavy atom. The zero-order chi connectivity index (χ0) is 20.0. The van der Waals surface area contributed by atoms with E-state index in [9.17, 15) is 15.0 Å². The van der Waals surface area contributed by atoms with Gasteiger partial charge in [-0.1, -0.05) is 19.0 Å². The molecule has 9 heteroatoms. The number of benzene rings is 1. The van der Waals surface area contributed by atoms with Gasteiger partial charge in [0.25, 0.3) is 5.91 Å². The molecule has 1 heterocycles. The molecule has 2 rings (SSSR count). The number of carbonyl (C=O) groups excluding carboxylic acids is 1. The molecule has 0 fully saturated rings. The molecule has 148 valence electrons. The fourth-order valence-corrected chi connectivity index (χ4v) is 3.27. The van der Waals surface area contributed by atoms with E-state index in [1.807, 2.05) is 26.0 Å². The maximum Gasteiger partial charge on any atom is 0.265 e. The highest BCUT2D eigenvalue weighted by Crippen LogP contribution is 2.21. The zero-order valence-corrected chi connectivity index (χ0v) is 16.6. The van der Waals surface area contributed by atoms with Crippen LogP contribution >= 0.6 is 11.3 Å². The van der Waals surface area contributed by atoms with Crippen molar-refractivity contribution in [2.24, 2.45) is 11.1 Å². The lowest BCUT2D eigenvalue weighted by Crippen LogP contribution is -2.42. The van der Waals surface area contributed by atoms with Gasteiger partial charge in [-0.3, -0.25) is 4.79 Å². The van der Waals surface area contributed by atoms with Crippen LogP contribution in [0.1, 0.15) is 20.8 Å². The third kappa shape index (κ3) is 5.70. The van der Waals surface area contributed by atoms with Crippen LogP contribution in [0.2, 0.25) is 0 Å². The highest BCUT2D eigenvalue weighted by atomic mass is 32.1. The largest absolute Gasteiger partial charge is 0.390 e. The van der Waals surface area contributed by atoms with Gasteiger partial charge in [0.05, 0.1) is 21.8 Å². The number of ether oxygens (including phenoxy) is 1. The van der Waals surface area contributed by atoms with Crippen LogP contribution in [0.3, 0.4) is 0 Å². The Labute approximate surface area is 161 Å². The third-order valence-electron chi connectivity index (χ3n) is 3.89. The monoisotopic (exact) mass is 395 g/mol. The summed E-state index contributed by atoms with van der Waals surface area (Å²) >= 11 is 1.48. The van der Waals surface area contributed by atoms with Crippen molar-refractivity contribution in [3.63, 3.8) is 0 Å². The highest BCUT2D eigenvalue weighted by molar-refractivity contribution is 7.16. The summed E-state index contributed by atoms with van der Waals surface area (Å²) in [6.45, 7) is 4.88. The molecule has 0 unspecified atom stereocenters. The molecule has 0 spiro atoms. The van der Waals surface area contributed by atoms with E-state index < -0.39 is 24.2 Å². The number of fused-ring (bicyclic) bond motifs is 1. The first kappa shape index (κ1) is 21.2. The second-order valence-corrected chi connectivity index (χ2v) is 7.34. The van der Waals surface area contributed by atoms with Crippen LogP contribution in [0.4, 0.5) is 5.69 Å². The quantitative estimate of drug-likeness (QED) is 0.442. The minimum absolute atomic E-state index is 0.00860. The maximum atomic E-state index is 12.1. The predicted molar refractivity (Wildman–Crippen MR) is 105 cm³/mol. The summed E-state index contributed by atoms with van der Waals surface area (Å²) in [4.78, 5) is 21.4. The number of hydrogen-bond donors (Lipinski definition) is 3. The Hall–Kier alpha value is -2.07. The van der Waals surface area contributed by atoms with Gasteiger partial charge in [-0.05, 0) is 31.0 Å². The van der Waals surface area contributed by atoms with E-state index in [1.54, 1.807) is 11.6 Å². The molecule has 3 atom stereocenters. The van der Waals surface area contributed by atoms with Crippen molar-refractivity contribution < 1.29 is 24.6 Å². The molecule has 8 nitrogen and oxygen atoms in total. The van der Waals surface area contributed by atoms with Crippen LogP contribution in [-0.2, 0) is 14.4 Å². The number of anilines is 1. The van der Waals surface area contributed by atoms with Gasteiger partial charge in [0.2, 0.25) is 0 Å². The average molecular weight is 395 g/mol. The Bertz CT molecular complexity index is 790. The molecule has 0 aliphatic heterocycles. The number of aliphatic hydroxyl groups excluding tert-OH is 2. The number of nitrogens with zero attached hydrogens (tertiary/aromatic N) is 2. The van der Waals surface area contributed by atoms with E-state index >= 15 is 0 Å². The summed E-state index contributed by atoms with van der Waals surface area (Å²) < 4.78 is 6.31. The number of oxime groups is 1. The molecule has 0 saturated carbocycles. The van der Waals surface area contributed by atoms with Crippen LogP contribution in [-0.4, -0.2) is 58.8 Å². The van der Waals surface area contributed by atoms with E-state index in [0.717, 1.165) is 10.2 Å². The molecular weight excluding hydrogens is 370 g/mol. The predicted octanol–water partition coefficient (Wildman–Crippen LogP) is 2.02. The molecule has 0 bridgehead atoms. The summed E-state index contributed by atoms with van der Waals surface area (Å²) in [7, 11) is 1.48. The second kappa shape index (κ2) is 9.75. The van der Waals surface area contributed by atoms with Crippen LogP contribution in [0.15, 0.2) is 28.9 Å². The van der Waals surface area contributed by atoms with Crippen LogP contribution < -0.4 is 5.32 Å². The number of rotatable bonds is 9. The molecule has 1 amide bonds. The molecule has 1 aromatic heterocycles. The summed E-state index contributed by atoms with van der Waals surface area (Å²) in [6.07, 6.45) is -2.86. The van der Waals surface area contributed by atoms with Crippen molar-refractivity contribution in [2.75, 3.05) is 19.0 Å². The number of carbonyl (C=O) groups is 1. The van der Waals surface area contributed by atoms with Crippen LogP contribution in [0.25, 0.3) is 10.2 Å².